The van der Waals surface area contributed by atoms with Crippen LogP contribution in [0.2, 0.25) is 0 Å². The highest BCUT2D eigenvalue weighted by Crippen LogP contribution is 2.28. The van der Waals surface area contributed by atoms with Crippen LogP contribution in [-0.2, 0) is 6.42 Å². The summed E-state index contributed by atoms with van der Waals surface area (Å²) in [6, 6.07) is 2.07. The molecule has 5 heteroatoms. The quantitative estimate of drug-likeness (QED) is 0.932. The molecular formula is C17H24F2N2O. The topological polar surface area (TPSA) is 46.3 Å². The third-order valence-electron chi connectivity index (χ3n) is 4.48. The van der Waals surface area contributed by atoms with Crippen LogP contribution in [0.1, 0.15) is 49.5 Å². The monoisotopic (exact) mass is 310 g/mol. The maximum Gasteiger partial charge on any atom is 0.248 e. The SMILES string of the molecule is CC(C)(C)N1CCC(Cc2c(F)cc(C(N)=O)cc2F)CC1. The molecule has 0 unspecified atom stereocenters. The Kier molecular flexibility index (Phi) is 4.85. The highest BCUT2D eigenvalue weighted by molar-refractivity contribution is 5.92. The Hall–Kier alpha value is -1.49. The number of hydrogen-bond donors (Lipinski definition) is 1. The normalized spacial score (nSPS) is 17.7. The van der Waals surface area contributed by atoms with Crippen LogP contribution < -0.4 is 5.73 Å². The van der Waals surface area contributed by atoms with E-state index in [-0.39, 0.29) is 22.6 Å². The predicted molar refractivity (Wildman–Crippen MR) is 82.6 cm³/mol. The lowest BCUT2D eigenvalue weighted by Crippen LogP contribution is -2.46. The van der Waals surface area contributed by atoms with Crippen molar-refractivity contribution in [1.29, 1.82) is 0 Å². The van der Waals surface area contributed by atoms with Crippen LogP contribution in [0.5, 0.6) is 0 Å². The minimum absolute atomic E-state index is 0.0687. The van der Waals surface area contributed by atoms with E-state index in [4.69, 9.17) is 5.73 Å². The number of hydrogen-bond acceptors (Lipinski definition) is 2. The summed E-state index contributed by atoms with van der Waals surface area (Å²) in [4.78, 5) is 13.4. The lowest BCUT2D eigenvalue weighted by atomic mass is 9.87. The lowest BCUT2D eigenvalue weighted by molar-refractivity contribution is 0.0871. The number of carbonyl (C=O) groups excluding carboxylic acids is 1. The van der Waals surface area contributed by atoms with Crippen molar-refractivity contribution >= 4 is 5.91 Å². The maximum atomic E-state index is 14.0. The molecule has 0 radical (unpaired) electrons. The number of carbonyl (C=O) groups is 1. The maximum absolute atomic E-state index is 14.0. The van der Waals surface area contributed by atoms with Gasteiger partial charge in [-0.05, 0) is 71.2 Å². The lowest BCUT2D eigenvalue weighted by Gasteiger charge is -2.41. The fraction of sp³-hybridized carbons (Fsp3) is 0.588. The average Bonchev–Trinajstić information content (AvgIpc) is 2.42. The molecule has 1 fully saturated rings. The van der Waals surface area contributed by atoms with E-state index in [2.05, 4.69) is 25.7 Å². The minimum Gasteiger partial charge on any atom is -0.366 e. The fourth-order valence-corrected chi connectivity index (χ4v) is 3.04. The second-order valence-electron chi connectivity index (χ2n) is 7.09. The van der Waals surface area contributed by atoms with Gasteiger partial charge in [0.05, 0.1) is 0 Å². The summed E-state index contributed by atoms with van der Waals surface area (Å²) >= 11 is 0. The summed E-state index contributed by atoms with van der Waals surface area (Å²) in [5.74, 6) is -1.90. The zero-order valence-electron chi connectivity index (χ0n) is 13.5. The van der Waals surface area contributed by atoms with E-state index in [1.54, 1.807) is 0 Å². The van der Waals surface area contributed by atoms with Crippen LogP contribution in [0.3, 0.4) is 0 Å². The van der Waals surface area contributed by atoms with Gasteiger partial charge in [0.25, 0.3) is 0 Å². The molecule has 122 valence electrons. The Morgan fingerprint density at radius 1 is 1.23 bits per heavy atom. The van der Waals surface area contributed by atoms with Gasteiger partial charge in [-0.1, -0.05) is 0 Å². The van der Waals surface area contributed by atoms with E-state index >= 15 is 0 Å². The molecule has 1 heterocycles. The first-order chi connectivity index (χ1) is 10.2. The zero-order valence-corrected chi connectivity index (χ0v) is 13.5. The molecule has 2 N–H and O–H groups in total. The van der Waals surface area contributed by atoms with E-state index in [0.29, 0.717) is 6.42 Å². The number of benzene rings is 1. The first-order valence-corrected chi connectivity index (χ1v) is 7.71. The number of likely N-dealkylation sites (tertiary alicyclic amines) is 1. The van der Waals surface area contributed by atoms with Crippen molar-refractivity contribution in [3.05, 3.63) is 34.9 Å². The standard InChI is InChI=1S/C17H24F2N2O/c1-17(2,3)21-6-4-11(5-7-21)8-13-14(18)9-12(16(20)22)10-15(13)19/h9-11H,4-8H2,1-3H3,(H2,20,22). The van der Waals surface area contributed by atoms with E-state index in [1.807, 2.05) is 0 Å². The molecule has 1 amide bonds. The molecule has 22 heavy (non-hydrogen) atoms. The molecule has 0 atom stereocenters. The van der Waals surface area contributed by atoms with Crippen LogP contribution in [0, 0.1) is 17.6 Å². The number of nitrogens with two attached hydrogens (primary N) is 1. The van der Waals surface area contributed by atoms with Crippen LogP contribution in [0.15, 0.2) is 12.1 Å². The number of halogens is 2. The molecule has 1 aliphatic rings. The van der Waals surface area contributed by atoms with Crippen LogP contribution in [0.25, 0.3) is 0 Å². The van der Waals surface area contributed by atoms with Crippen molar-refractivity contribution < 1.29 is 13.6 Å². The molecule has 0 bridgehead atoms. The summed E-state index contributed by atoms with van der Waals surface area (Å²) in [5.41, 5.74) is 5.14. The average molecular weight is 310 g/mol. The molecule has 2 rings (SSSR count). The zero-order chi connectivity index (χ0) is 16.5. The van der Waals surface area contributed by atoms with Crippen LogP contribution in [-0.4, -0.2) is 29.4 Å². The van der Waals surface area contributed by atoms with Crippen LogP contribution >= 0.6 is 0 Å². The first-order valence-electron chi connectivity index (χ1n) is 7.71. The van der Waals surface area contributed by atoms with Crippen molar-refractivity contribution in [2.24, 2.45) is 11.7 Å². The number of amides is 1. The van der Waals surface area contributed by atoms with Gasteiger partial charge < -0.3 is 5.73 Å². The summed E-state index contributed by atoms with van der Waals surface area (Å²) in [6.07, 6.45) is 2.22. The molecule has 3 nitrogen and oxygen atoms in total. The molecule has 0 saturated carbocycles. The fourth-order valence-electron chi connectivity index (χ4n) is 3.04. The second-order valence-corrected chi connectivity index (χ2v) is 7.09. The largest absolute Gasteiger partial charge is 0.366 e. The summed E-state index contributed by atoms with van der Waals surface area (Å²) < 4.78 is 28.1. The van der Waals surface area contributed by atoms with Gasteiger partial charge in [0.15, 0.2) is 0 Å². The summed E-state index contributed by atoms with van der Waals surface area (Å²) in [6.45, 7) is 8.41. The van der Waals surface area contributed by atoms with E-state index < -0.39 is 17.5 Å². The van der Waals surface area contributed by atoms with Gasteiger partial charge in [-0.2, -0.15) is 0 Å². The molecule has 1 aromatic carbocycles. The van der Waals surface area contributed by atoms with Gasteiger partial charge in [-0.15, -0.1) is 0 Å². The van der Waals surface area contributed by atoms with E-state index in [0.717, 1.165) is 38.1 Å². The van der Waals surface area contributed by atoms with Crippen molar-refractivity contribution in [1.82, 2.24) is 4.90 Å². The van der Waals surface area contributed by atoms with Gasteiger partial charge in [-0.3, -0.25) is 9.69 Å². The molecule has 0 aromatic heterocycles. The van der Waals surface area contributed by atoms with E-state index in [1.165, 1.54) is 0 Å². The Labute approximate surface area is 130 Å². The third kappa shape index (κ3) is 3.83. The van der Waals surface area contributed by atoms with Crippen molar-refractivity contribution in [2.75, 3.05) is 13.1 Å². The summed E-state index contributed by atoms with van der Waals surface area (Å²) in [5, 5.41) is 0. The highest BCUT2D eigenvalue weighted by Gasteiger charge is 2.28. The minimum atomic E-state index is -0.817. The molecular weight excluding hydrogens is 286 g/mol. The Morgan fingerprint density at radius 2 is 1.73 bits per heavy atom. The Balaban J connectivity index is 2.05. The van der Waals surface area contributed by atoms with E-state index in [9.17, 15) is 13.6 Å². The predicted octanol–water partition coefficient (Wildman–Crippen LogP) is 3.12. The van der Waals surface area contributed by atoms with Crippen molar-refractivity contribution in [2.45, 2.75) is 45.6 Å². The second kappa shape index (κ2) is 6.32. The molecule has 1 aromatic rings. The first kappa shape index (κ1) is 16.9. The van der Waals surface area contributed by atoms with Gasteiger partial charge in [-0.25, -0.2) is 8.78 Å². The molecule has 0 spiro atoms. The number of primary amides is 1. The van der Waals surface area contributed by atoms with Gasteiger partial charge in [0.2, 0.25) is 5.91 Å². The van der Waals surface area contributed by atoms with Crippen molar-refractivity contribution in [3.8, 4) is 0 Å². The number of nitrogens with zero attached hydrogens (tertiary/aromatic N) is 1. The van der Waals surface area contributed by atoms with Gasteiger partial charge >= 0.3 is 0 Å². The highest BCUT2D eigenvalue weighted by atomic mass is 19.1. The third-order valence-corrected chi connectivity index (χ3v) is 4.48. The van der Waals surface area contributed by atoms with Gasteiger partial charge in [0, 0.05) is 16.7 Å². The molecule has 0 aliphatic carbocycles. The van der Waals surface area contributed by atoms with Crippen LogP contribution in [0.4, 0.5) is 8.78 Å². The van der Waals surface area contributed by atoms with Gasteiger partial charge in [0.1, 0.15) is 11.6 Å². The molecule has 1 aliphatic heterocycles. The van der Waals surface area contributed by atoms with Crippen molar-refractivity contribution in [3.63, 3.8) is 0 Å². The Bertz CT molecular complexity index is 535. The number of piperidine rings is 1. The smallest absolute Gasteiger partial charge is 0.248 e. The summed E-state index contributed by atoms with van der Waals surface area (Å²) in [7, 11) is 0. The molecule has 1 saturated heterocycles. The Morgan fingerprint density at radius 3 is 2.14 bits per heavy atom. The number of rotatable bonds is 3.